The topological polar surface area (TPSA) is 60.5 Å². The monoisotopic (exact) mass is 292 g/mol. The molecule has 106 valence electrons. The van der Waals surface area contributed by atoms with E-state index in [0.717, 1.165) is 11.3 Å². The fourth-order valence-electron chi connectivity index (χ4n) is 1.60. The molecular formula is C14H16N2O3S. The number of nitrogens with zero attached hydrogens (tertiary/aromatic N) is 1. The summed E-state index contributed by atoms with van der Waals surface area (Å²) in [5.74, 6) is 0.439. The first-order valence-electron chi connectivity index (χ1n) is 6.22. The van der Waals surface area contributed by atoms with Gasteiger partial charge in [-0.2, -0.15) is 0 Å². The van der Waals surface area contributed by atoms with Crippen LogP contribution in [-0.4, -0.2) is 24.7 Å². The van der Waals surface area contributed by atoms with Crippen LogP contribution in [-0.2, 0) is 11.3 Å². The summed E-state index contributed by atoms with van der Waals surface area (Å²) in [6, 6.07) is 7.85. The highest BCUT2D eigenvalue weighted by Gasteiger charge is 2.10. The van der Waals surface area contributed by atoms with Crippen molar-refractivity contribution in [1.29, 1.82) is 0 Å². The van der Waals surface area contributed by atoms with E-state index in [-0.39, 0.29) is 0 Å². The summed E-state index contributed by atoms with van der Waals surface area (Å²) in [6.45, 7) is 3.25. The molecule has 1 aromatic carbocycles. The zero-order chi connectivity index (χ0) is 14.4. The van der Waals surface area contributed by atoms with Gasteiger partial charge in [0, 0.05) is 11.9 Å². The average Bonchev–Trinajstić information content (AvgIpc) is 2.95. The van der Waals surface area contributed by atoms with Gasteiger partial charge in [-0.1, -0.05) is 12.1 Å². The minimum Gasteiger partial charge on any atom is -0.494 e. The van der Waals surface area contributed by atoms with Gasteiger partial charge in [0.2, 0.25) is 0 Å². The van der Waals surface area contributed by atoms with E-state index in [1.807, 2.05) is 31.2 Å². The minimum atomic E-state index is -0.421. The first kappa shape index (κ1) is 14.3. The molecule has 0 aliphatic carbocycles. The Labute approximate surface area is 121 Å². The Morgan fingerprint density at radius 1 is 1.35 bits per heavy atom. The SMILES string of the molecule is CCOc1ccc(CNc2nc(C(=O)OC)cs2)cc1. The number of carbonyl (C=O) groups is 1. The minimum absolute atomic E-state index is 0.326. The Morgan fingerprint density at radius 2 is 2.10 bits per heavy atom. The summed E-state index contributed by atoms with van der Waals surface area (Å²) in [7, 11) is 1.34. The van der Waals surface area contributed by atoms with Crippen molar-refractivity contribution < 1.29 is 14.3 Å². The first-order valence-corrected chi connectivity index (χ1v) is 7.10. The number of rotatable bonds is 6. The van der Waals surface area contributed by atoms with Crippen LogP contribution in [0.5, 0.6) is 5.75 Å². The average molecular weight is 292 g/mol. The summed E-state index contributed by atoms with van der Waals surface area (Å²) in [5.41, 5.74) is 1.44. The molecule has 0 atom stereocenters. The van der Waals surface area contributed by atoms with Crippen LogP contribution >= 0.6 is 11.3 Å². The summed E-state index contributed by atoms with van der Waals surface area (Å²) in [4.78, 5) is 15.4. The molecule has 0 saturated heterocycles. The molecule has 2 rings (SSSR count). The molecule has 1 N–H and O–H groups in total. The van der Waals surface area contributed by atoms with Crippen LogP contribution in [0, 0.1) is 0 Å². The molecular weight excluding hydrogens is 276 g/mol. The number of esters is 1. The lowest BCUT2D eigenvalue weighted by Gasteiger charge is -2.05. The maximum atomic E-state index is 11.3. The van der Waals surface area contributed by atoms with Crippen LogP contribution in [0.1, 0.15) is 23.0 Å². The van der Waals surface area contributed by atoms with E-state index < -0.39 is 5.97 Å². The smallest absolute Gasteiger partial charge is 0.357 e. The number of nitrogens with one attached hydrogen (secondary N) is 1. The van der Waals surface area contributed by atoms with Crippen LogP contribution in [0.4, 0.5) is 5.13 Å². The molecule has 2 aromatic rings. The number of thiazole rings is 1. The summed E-state index contributed by atoms with van der Waals surface area (Å²) >= 11 is 1.38. The number of aromatic nitrogens is 1. The first-order chi connectivity index (χ1) is 9.72. The van der Waals surface area contributed by atoms with Gasteiger partial charge in [0.15, 0.2) is 10.8 Å². The second-order valence-electron chi connectivity index (χ2n) is 3.96. The van der Waals surface area contributed by atoms with E-state index in [9.17, 15) is 4.79 Å². The van der Waals surface area contributed by atoms with Gasteiger partial charge >= 0.3 is 5.97 Å². The van der Waals surface area contributed by atoms with Crippen molar-refractivity contribution in [2.75, 3.05) is 19.0 Å². The lowest BCUT2D eigenvalue weighted by atomic mass is 10.2. The largest absolute Gasteiger partial charge is 0.494 e. The maximum Gasteiger partial charge on any atom is 0.357 e. The Hall–Kier alpha value is -2.08. The van der Waals surface area contributed by atoms with Gasteiger partial charge < -0.3 is 14.8 Å². The Bertz CT molecular complexity index is 566. The molecule has 0 aliphatic rings. The van der Waals surface area contributed by atoms with E-state index in [0.29, 0.717) is 24.0 Å². The van der Waals surface area contributed by atoms with Gasteiger partial charge in [0.1, 0.15) is 5.75 Å². The van der Waals surface area contributed by atoms with Crippen molar-refractivity contribution in [1.82, 2.24) is 4.98 Å². The second kappa shape index (κ2) is 6.91. The summed E-state index contributed by atoms with van der Waals surface area (Å²) in [5, 5.41) is 5.54. The predicted octanol–water partition coefficient (Wildman–Crippen LogP) is 2.94. The van der Waals surface area contributed by atoms with E-state index in [1.165, 1.54) is 18.4 Å². The van der Waals surface area contributed by atoms with Gasteiger partial charge in [-0.15, -0.1) is 11.3 Å². The summed E-state index contributed by atoms with van der Waals surface area (Å²) < 4.78 is 10.00. The molecule has 1 heterocycles. The maximum absolute atomic E-state index is 11.3. The molecule has 0 radical (unpaired) electrons. The Kier molecular flexibility index (Phi) is 4.95. The van der Waals surface area contributed by atoms with Gasteiger partial charge in [0.25, 0.3) is 0 Å². The second-order valence-corrected chi connectivity index (χ2v) is 4.82. The molecule has 0 unspecified atom stereocenters. The number of methoxy groups -OCH3 is 1. The third kappa shape index (κ3) is 3.71. The van der Waals surface area contributed by atoms with Crippen molar-refractivity contribution in [2.45, 2.75) is 13.5 Å². The number of anilines is 1. The fourth-order valence-corrected chi connectivity index (χ4v) is 2.28. The van der Waals surface area contributed by atoms with Crippen molar-refractivity contribution in [3.63, 3.8) is 0 Å². The highest BCUT2D eigenvalue weighted by Crippen LogP contribution is 2.18. The third-order valence-corrected chi connectivity index (χ3v) is 3.38. The Morgan fingerprint density at radius 3 is 2.75 bits per heavy atom. The highest BCUT2D eigenvalue weighted by atomic mass is 32.1. The molecule has 0 spiro atoms. The number of hydrogen-bond acceptors (Lipinski definition) is 6. The molecule has 0 saturated carbocycles. The quantitative estimate of drug-likeness (QED) is 0.829. The standard InChI is InChI=1S/C14H16N2O3S/c1-3-19-11-6-4-10(5-7-11)8-15-14-16-12(9-20-14)13(17)18-2/h4-7,9H,3,8H2,1-2H3,(H,15,16). The van der Waals surface area contributed by atoms with Crippen molar-refractivity contribution in [3.05, 3.63) is 40.9 Å². The summed E-state index contributed by atoms with van der Waals surface area (Å²) in [6.07, 6.45) is 0. The molecule has 0 bridgehead atoms. The van der Waals surface area contributed by atoms with E-state index in [4.69, 9.17) is 4.74 Å². The normalized spacial score (nSPS) is 10.1. The number of hydrogen-bond donors (Lipinski definition) is 1. The van der Waals surface area contributed by atoms with E-state index >= 15 is 0 Å². The zero-order valence-corrected chi connectivity index (χ0v) is 12.2. The Balaban J connectivity index is 1.91. The molecule has 6 heteroatoms. The number of carbonyl (C=O) groups excluding carboxylic acids is 1. The van der Waals surface area contributed by atoms with Crippen molar-refractivity contribution in [2.24, 2.45) is 0 Å². The fraction of sp³-hybridized carbons (Fsp3) is 0.286. The lowest BCUT2D eigenvalue weighted by Crippen LogP contribution is -2.03. The molecule has 0 aliphatic heterocycles. The van der Waals surface area contributed by atoms with Crippen LogP contribution in [0.3, 0.4) is 0 Å². The van der Waals surface area contributed by atoms with Gasteiger partial charge in [-0.25, -0.2) is 9.78 Å². The van der Waals surface area contributed by atoms with Crippen molar-refractivity contribution >= 4 is 22.4 Å². The molecule has 5 nitrogen and oxygen atoms in total. The van der Waals surface area contributed by atoms with Crippen LogP contribution in [0.25, 0.3) is 0 Å². The molecule has 20 heavy (non-hydrogen) atoms. The highest BCUT2D eigenvalue weighted by molar-refractivity contribution is 7.13. The third-order valence-electron chi connectivity index (χ3n) is 2.58. The van der Waals surface area contributed by atoms with Gasteiger partial charge in [-0.3, -0.25) is 0 Å². The van der Waals surface area contributed by atoms with Crippen molar-refractivity contribution in [3.8, 4) is 5.75 Å². The molecule has 0 amide bonds. The van der Waals surface area contributed by atoms with Gasteiger partial charge in [-0.05, 0) is 24.6 Å². The van der Waals surface area contributed by atoms with Crippen LogP contribution in [0.2, 0.25) is 0 Å². The van der Waals surface area contributed by atoms with E-state index in [1.54, 1.807) is 5.38 Å². The number of ether oxygens (including phenoxy) is 2. The predicted molar refractivity (Wildman–Crippen MR) is 78.4 cm³/mol. The van der Waals surface area contributed by atoms with Crippen LogP contribution < -0.4 is 10.1 Å². The number of benzene rings is 1. The molecule has 0 fully saturated rings. The van der Waals surface area contributed by atoms with Gasteiger partial charge in [0.05, 0.1) is 13.7 Å². The van der Waals surface area contributed by atoms with Crippen LogP contribution in [0.15, 0.2) is 29.6 Å². The lowest BCUT2D eigenvalue weighted by molar-refractivity contribution is 0.0595. The molecule has 1 aromatic heterocycles. The zero-order valence-electron chi connectivity index (χ0n) is 11.4. The van der Waals surface area contributed by atoms with E-state index in [2.05, 4.69) is 15.0 Å².